The molecule has 0 aromatic heterocycles. The lowest BCUT2D eigenvalue weighted by Gasteiger charge is -2.25. The van der Waals surface area contributed by atoms with Crippen LogP contribution >= 0.6 is 11.6 Å². The molecule has 5 heteroatoms. The molecule has 0 heterocycles. The second-order valence-corrected chi connectivity index (χ2v) is 8.32. The highest BCUT2D eigenvalue weighted by molar-refractivity contribution is 7.91. The lowest BCUT2D eigenvalue weighted by atomic mass is 9.89. The van der Waals surface area contributed by atoms with Gasteiger partial charge in [-0.1, -0.05) is 6.92 Å². The van der Waals surface area contributed by atoms with Crippen molar-refractivity contribution in [3.8, 4) is 0 Å². The van der Waals surface area contributed by atoms with Crippen LogP contribution in [0.15, 0.2) is 29.2 Å². The van der Waals surface area contributed by atoms with Crippen LogP contribution in [0, 0.1) is 5.92 Å². The van der Waals surface area contributed by atoms with Crippen LogP contribution in [0.1, 0.15) is 32.6 Å². The number of alkyl halides is 1. The molecule has 1 N–H and O–H groups in total. The third-order valence-corrected chi connectivity index (χ3v) is 6.15. The smallest absolute Gasteiger partial charge is 0.178 e. The topological polar surface area (TPSA) is 46.2 Å². The van der Waals surface area contributed by atoms with Crippen molar-refractivity contribution < 1.29 is 8.42 Å². The first-order chi connectivity index (χ1) is 9.51. The highest BCUT2D eigenvalue weighted by atomic mass is 35.5. The largest absolute Gasteiger partial charge is 0.385 e. The molecule has 0 atom stereocenters. The van der Waals surface area contributed by atoms with Gasteiger partial charge in [0, 0.05) is 17.6 Å². The van der Waals surface area contributed by atoms with E-state index in [9.17, 15) is 8.42 Å². The zero-order valence-corrected chi connectivity index (χ0v) is 13.4. The van der Waals surface area contributed by atoms with Crippen molar-refractivity contribution in [2.75, 3.05) is 17.6 Å². The van der Waals surface area contributed by atoms with Gasteiger partial charge in [0.25, 0.3) is 0 Å². The molecular weight excluding hydrogens is 294 g/mol. The molecule has 1 saturated carbocycles. The van der Waals surface area contributed by atoms with Crippen molar-refractivity contribution in [1.29, 1.82) is 0 Å². The number of hydrogen-bond acceptors (Lipinski definition) is 3. The van der Waals surface area contributed by atoms with Gasteiger partial charge in [-0.2, -0.15) is 0 Å². The van der Waals surface area contributed by atoms with Gasteiger partial charge < -0.3 is 5.32 Å². The molecule has 0 radical (unpaired) electrons. The Morgan fingerprint density at radius 3 is 2.30 bits per heavy atom. The van der Waals surface area contributed by atoms with Crippen molar-refractivity contribution in [2.45, 2.75) is 42.9 Å². The summed E-state index contributed by atoms with van der Waals surface area (Å²) < 4.78 is 23.4. The maximum absolute atomic E-state index is 11.7. The highest BCUT2D eigenvalue weighted by Crippen LogP contribution is 2.27. The van der Waals surface area contributed by atoms with E-state index in [4.69, 9.17) is 11.6 Å². The van der Waals surface area contributed by atoms with Crippen molar-refractivity contribution in [2.24, 2.45) is 5.92 Å². The number of rotatable bonds is 5. The molecule has 0 aliphatic heterocycles. The minimum atomic E-state index is -3.10. The summed E-state index contributed by atoms with van der Waals surface area (Å²) in [6.45, 7) is 2.60. The van der Waals surface area contributed by atoms with E-state index in [1.807, 2.05) is 12.1 Å². The van der Waals surface area contributed by atoms with Crippen LogP contribution in [0.2, 0.25) is 0 Å². The van der Waals surface area contributed by atoms with Crippen LogP contribution in [0.5, 0.6) is 0 Å². The Morgan fingerprint density at radius 2 is 1.75 bits per heavy atom. The van der Waals surface area contributed by atoms with Crippen molar-refractivity contribution in [3.63, 3.8) is 0 Å². The van der Waals surface area contributed by atoms with Gasteiger partial charge in [-0.15, -0.1) is 11.6 Å². The Balaban J connectivity index is 1.88. The van der Waals surface area contributed by atoms with Gasteiger partial charge in [0.15, 0.2) is 9.84 Å². The normalized spacial score (nSPS) is 23.5. The van der Waals surface area contributed by atoms with E-state index in [1.54, 1.807) is 19.1 Å². The van der Waals surface area contributed by atoms with Crippen LogP contribution in [0.4, 0.5) is 5.69 Å². The van der Waals surface area contributed by atoms with Gasteiger partial charge in [-0.3, -0.25) is 0 Å². The Kier molecular flexibility index (Phi) is 5.33. The first kappa shape index (κ1) is 15.6. The third kappa shape index (κ3) is 4.13. The minimum absolute atomic E-state index is 0.140. The van der Waals surface area contributed by atoms with Gasteiger partial charge in [-0.05, 0) is 55.9 Å². The summed E-state index contributed by atoms with van der Waals surface area (Å²) in [6, 6.07) is 7.04. The fourth-order valence-electron chi connectivity index (χ4n) is 2.53. The summed E-state index contributed by atoms with van der Waals surface area (Å²) in [6.07, 6.45) is 4.54. The summed E-state index contributed by atoms with van der Waals surface area (Å²) >= 11 is 6.10. The molecule has 0 bridgehead atoms. The van der Waals surface area contributed by atoms with Crippen LogP contribution in [0.25, 0.3) is 0 Å². The molecule has 0 amide bonds. The Hall–Kier alpha value is -0.740. The maximum Gasteiger partial charge on any atom is 0.178 e. The van der Waals surface area contributed by atoms with Crippen molar-refractivity contribution in [1.82, 2.24) is 0 Å². The van der Waals surface area contributed by atoms with E-state index in [0.29, 0.717) is 16.2 Å². The standard InChI is InChI=1S/C15H22ClNO2S/c1-2-20(18,19)15-9-7-14(8-10-15)17-11-12-3-5-13(16)6-4-12/h7-10,12-13,17H,2-6,11H2,1H3. The zero-order valence-electron chi connectivity index (χ0n) is 11.8. The summed E-state index contributed by atoms with van der Waals surface area (Å²) in [5, 5.41) is 3.74. The quantitative estimate of drug-likeness (QED) is 0.843. The average molecular weight is 316 g/mol. The molecular formula is C15H22ClNO2S. The zero-order chi connectivity index (χ0) is 14.6. The molecule has 1 aliphatic carbocycles. The number of benzene rings is 1. The van der Waals surface area contributed by atoms with Gasteiger partial charge in [0.05, 0.1) is 10.6 Å². The van der Waals surface area contributed by atoms with Crippen LogP contribution < -0.4 is 5.32 Å². The van der Waals surface area contributed by atoms with Crippen LogP contribution in [-0.2, 0) is 9.84 Å². The summed E-state index contributed by atoms with van der Waals surface area (Å²) in [4.78, 5) is 0.396. The molecule has 0 unspecified atom stereocenters. The summed E-state index contributed by atoms with van der Waals surface area (Å²) in [5.74, 6) is 0.811. The second kappa shape index (κ2) is 6.81. The van der Waals surface area contributed by atoms with Gasteiger partial charge in [-0.25, -0.2) is 8.42 Å². The van der Waals surface area contributed by atoms with Crippen LogP contribution in [-0.4, -0.2) is 26.1 Å². The summed E-state index contributed by atoms with van der Waals surface area (Å²) in [7, 11) is -3.10. The minimum Gasteiger partial charge on any atom is -0.385 e. The van der Waals surface area contributed by atoms with E-state index >= 15 is 0 Å². The molecule has 2 rings (SSSR count). The van der Waals surface area contributed by atoms with Crippen molar-refractivity contribution in [3.05, 3.63) is 24.3 Å². The predicted molar refractivity (Wildman–Crippen MR) is 84.3 cm³/mol. The Morgan fingerprint density at radius 1 is 1.15 bits per heavy atom. The molecule has 20 heavy (non-hydrogen) atoms. The highest BCUT2D eigenvalue weighted by Gasteiger charge is 2.19. The van der Waals surface area contributed by atoms with E-state index in [0.717, 1.165) is 25.1 Å². The van der Waals surface area contributed by atoms with E-state index in [2.05, 4.69) is 5.32 Å². The third-order valence-electron chi connectivity index (χ3n) is 3.96. The number of nitrogens with one attached hydrogen (secondary N) is 1. The van der Waals surface area contributed by atoms with Crippen LogP contribution in [0.3, 0.4) is 0 Å². The summed E-state index contributed by atoms with van der Waals surface area (Å²) in [5.41, 5.74) is 0.980. The Bertz CT molecular complexity index is 519. The van der Waals surface area contributed by atoms with Gasteiger partial charge in [0.2, 0.25) is 0 Å². The molecule has 0 saturated heterocycles. The van der Waals surface area contributed by atoms with E-state index < -0.39 is 9.84 Å². The van der Waals surface area contributed by atoms with E-state index in [-0.39, 0.29) is 5.75 Å². The van der Waals surface area contributed by atoms with Gasteiger partial charge >= 0.3 is 0 Å². The molecule has 1 aromatic carbocycles. The van der Waals surface area contributed by atoms with E-state index in [1.165, 1.54) is 12.8 Å². The Labute approximate surface area is 126 Å². The molecule has 1 aliphatic rings. The van der Waals surface area contributed by atoms with Crippen molar-refractivity contribution >= 4 is 27.1 Å². The number of halogens is 1. The molecule has 3 nitrogen and oxygen atoms in total. The monoisotopic (exact) mass is 315 g/mol. The van der Waals surface area contributed by atoms with Gasteiger partial charge in [0.1, 0.15) is 0 Å². The fraction of sp³-hybridized carbons (Fsp3) is 0.600. The predicted octanol–water partition coefficient (Wildman–Crippen LogP) is 3.69. The SMILES string of the molecule is CCS(=O)(=O)c1ccc(NCC2CCC(Cl)CC2)cc1. The lowest BCUT2D eigenvalue weighted by molar-refractivity contribution is 0.378. The first-order valence-corrected chi connectivity index (χ1v) is 9.31. The second-order valence-electron chi connectivity index (χ2n) is 5.43. The first-order valence-electron chi connectivity index (χ1n) is 7.22. The number of anilines is 1. The fourth-order valence-corrected chi connectivity index (χ4v) is 3.67. The molecule has 1 fully saturated rings. The number of sulfone groups is 1. The lowest BCUT2D eigenvalue weighted by Crippen LogP contribution is -2.21. The molecule has 0 spiro atoms. The molecule has 112 valence electrons. The maximum atomic E-state index is 11.7. The average Bonchev–Trinajstić information content (AvgIpc) is 2.47. The molecule has 1 aromatic rings. The number of hydrogen-bond donors (Lipinski definition) is 1.